The molecule has 0 radical (unpaired) electrons. The number of hydrogen-bond acceptors (Lipinski definition) is 5. The fraction of sp³-hybridized carbons (Fsp3) is 0.519. The average molecular weight is 500 g/mol. The van der Waals surface area contributed by atoms with Crippen molar-refractivity contribution in [2.75, 3.05) is 30.2 Å². The van der Waals surface area contributed by atoms with Crippen molar-refractivity contribution in [2.24, 2.45) is 0 Å². The molecular weight excluding hydrogens is 462 g/mol. The van der Waals surface area contributed by atoms with Crippen LogP contribution in [0, 0.1) is 0 Å². The van der Waals surface area contributed by atoms with Crippen molar-refractivity contribution < 1.29 is 18.3 Å². The van der Waals surface area contributed by atoms with Crippen LogP contribution >= 0.6 is 0 Å². The van der Waals surface area contributed by atoms with Gasteiger partial charge < -0.3 is 15.3 Å². The first-order valence-electron chi connectivity index (χ1n) is 12.8. The predicted octanol–water partition coefficient (Wildman–Crippen LogP) is 5.13. The summed E-state index contributed by atoms with van der Waals surface area (Å²) in [5, 5.41) is 13.2. The molecule has 0 atom stereocenters. The minimum atomic E-state index is -3.98. The number of aromatic carboxylic acids is 1. The highest BCUT2D eigenvalue weighted by Gasteiger charge is 2.26. The van der Waals surface area contributed by atoms with E-state index < -0.39 is 16.0 Å². The van der Waals surface area contributed by atoms with Crippen LogP contribution in [0.5, 0.6) is 0 Å². The van der Waals surface area contributed by atoms with Gasteiger partial charge in [0.05, 0.1) is 16.9 Å². The van der Waals surface area contributed by atoms with Gasteiger partial charge in [-0.2, -0.15) is 0 Å². The van der Waals surface area contributed by atoms with Crippen LogP contribution in [0.2, 0.25) is 0 Å². The molecule has 0 saturated heterocycles. The minimum Gasteiger partial charge on any atom is -0.478 e. The molecule has 0 spiro atoms. The lowest BCUT2D eigenvalue weighted by Gasteiger charge is -2.31. The highest BCUT2D eigenvalue weighted by atomic mass is 32.2. The first-order valence-corrected chi connectivity index (χ1v) is 14.3. The molecule has 0 heterocycles. The number of benzene rings is 2. The molecule has 0 aromatic heterocycles. The van der Waals surface area contributed by atoms with Crippen molar-refractivity contribution in [2.45, 2.75) is 75.1 Å². The van der Waals surface area contributed by atoms with Crippen molar-refractivity contribution in [3.63, 3.8) is 0 Å². The van der Waals surface area contributed by atoms with Crippen molar-refractivity contribution in [1.82, 2.24) is 4.90 Å². The quantitative estimate of drug-likeness (QED) is 0.392. The van der Waals surface area contributed by atoms with Gasteiger partial charge in [0.1, 0.15) is 4.90 Å². The number of nitrogens with one attached hydrogen (secondary N) is 2. The van der Waals surface area contributed by atoms with Crippen LogP contribution in [-0.4, -0.2) is 50.6 Å². The Bertz CT molecular complexity index is 1140. The highest BCUT2D eigenvalue weighted by Crippen LogP contribution is 2.32. The van der Waals surface area contributed by atoms with Crippen LogP contribution < -0.4 is 10.0 Å². The van der Waals surface area contributed by atoms with Gasteiger partial charge in [0.2, 0.25) is 0 Å². The summed E-state index contributed by atoms with van der Waals surface area (Å²) in [7, 11) is -1.81. The van der Waals surface area contributed by atoms with Crippen LogP contribution in [-0.2, 0) is 22.9 Å². The van der Waals surface area contributed by atoms with Gasteiger partial charge in [-0.05, 0) is 87.9 Å². The molecule has 2 aromatic rings. The van der Waals surface area contributed by atoms with Gasteiger partial charge in [0, 0.05) is 12.6 Å². The van der Waals surface area contributed by atoms with Gasteiger partial charge in [0.15, 0.2) is 0 Å². The van der Waals surface area contributed by atoms with Crippen molar-refractivity contribution in [3.05, 3.63) is 53.1 Å². The summed E-state index contributed by atoms with van der Waals surface area (Å²) >= 11 is 0. The second-order valence-electron chi connectivity index (χ2n) is 9.79. The maximum absolute atomic E-state index is 13.4. The summed E-state index contributed by atoms with van der Waals surface area (Å²) < 4.78 is 29.3. The predicted molar refractivity (Wildman–Crippen MR) is 140 cm³/mol. The van der Waals surface area contributed by atoms with E-state index in [1.807, 2.05) is 6.07 Å². The zero-order valence-electron chi connectivity index (χ0n) is 20.6. The summed E-state index contributed by atoms with van der Waals surface area (Å²) in [5.74, 6) is -1.10. The van der Waals surface area contributed by atoms with Gasteiger partial charge in [0.25, 0.3) is 10.0 Å². The number of hydrogen-bond donors (Lipinski definition) is 3. The molecule has 3 N–H and O–H groups in total. The molecule has 1 saturated carbocycles. The van der Waals surface area contributed by atoms with Crippen LogP contribution in [0.4, 0.5) is 11.4 Å². The van der Waals surface area contributed by atoms with Crippen LogP contribution in [0.3, 0.4) is 0 Å². The normalized spacial score (nSPS) is 16.6. The Balaban J connectivity index is 1.45. The smallest absolute Gasteiger partial charge is 0.338 e. The molecule has 0 bridgehead atoms. The molecule has 4 rings (SSSR count). The number of carboxylic acid groups (broad SMARTS) is 1. The number of carboxylic acids is 1. The monoisotopic (exact) mass is 499 g/mol. The van der Waals surface area contributed by atoms with Gasteiger partial charge in [-0.1, -0.05) is 37.5 Å². The van der Waals surface area contributed by atoms with E-state index in [4.69, 9.17) is 0 Å². The van der Waals surface area contributed by atoms with Gasteiger partial charge >= 0.3 is 5.97 Å². The Kier molecular flexibility index (Phi) is 8.34. The van der Waals surface area contributed by atoms with E-state index in [0.717, 1.165) is 43.4 Å². The lowest BCUT2D eigenvalue weighted by molar-refractivity contribution is 0.0696. The first-order chi connectivity index (χ1) is 16.9. The van der Waals surface area contributed by atoms with E-state index in [0.29, 0.717) is 24.7 Å². The largest absolute Gasteiger partial charge is 0.478 e. The fourth-order valence-corrected chi connectivity index (χ4v) is 6.72. The molecule has 0 unspecified atom stereocenters. The summed E-state index contributed by atoms with van der Waals surface area (Å²) in [6.45, 7) is 1.62. The first kappa shape index (κ1) is 25.5. The average Bonchev–Trinajstić information content (AvgIpc) is 2.86. The zero-order valence-corrected chi connectivity index (χ0v) is 21.4. The Hall–Kier alpha value is -2.58. The Labute approximate surface area is 209 Å². The van der Waals surface area contributed by atoms with Crippen LogP contribution in [0.1, 0.15) is 72.9 Å². The molecule has 2 aliphatic carbocycles. The lowest BCUT2D eigenvalue weighted by atomic mass is 9.87. The van der Waals surface area contributed by atoms with E-state index in [1.165, 1.54) is 32.1 Å². The minimum absolute atomic E-state index is 0.0713. The van der Waals surface area contributed by atoms with Crippen molar-refractivity contribution >= 4 is 27.4 Å². The molecule has 35 heavy (non-hydrogen) atoms. The highest BCUT2D eigenvalue weighted by molar-refractivity contribution is 7.92. The van der Waals surface area contributed by atoms with Gasteiger partial charge in [-0.25, -0.2) is 13.2 Å². The summed E-state index contributed by atoms with van der Waals surface area (Å²) in [6, 6.07) is 10.9. The number of sulfonamides is 1. The molecular formula is C27H37N3O4S. The van der Waals surface area contributed by atoms with E-state index in [-0.39, 0.29) is 16.1 Å². The number of rotatable bonds is 10. The molecule has 190 valence electrons. The third kappa shape index (κ3) is 6.16. The van der Waals surface area contributed by atoms with E-state index >= 15 is 0 Å². The molecule has 2 aromatic carbocycles. The van der Waals surface area contributed by atoms with E-state index in [1.54, 1.807) is 30.3 Å². The van der Waals surface area contributed by atoms with Gasteiger partial charge in [-0.3, -0.25) is 4.72 Å². The Morgan fingerprint density at radius 2 is 1.74 bits per heavy atom. The second kappa shape index (κ2) is 11.4. The number of carbonyl (C=O) groups is 1. The topological polar surface area (TPSA) is 98.7 Å². The van der Waals surface area contributed by atoms with E-state index in [9.17, 15) is 18.3 Å². The maximum Gasteiger partial charge on any atom is 0.338 e. The SMILES string of the molecule is CN(CCCNc1ccccc1S(=O)(=O)Nc1ccc2c(c1C(=O)O)CCCC2)C1CCCCC1. The second-order valence-corrected chi connectivity index (χ2v) is 11.4. The Morgan fingerprint density at radius 3 is 2.51 bits per heavy atom. The van der Waals surface area contributed by atoms with Crippen molar-refractivity contribution in [3.8, 4) is 0 Å². The molecule has 0 aliphatic heterocycles. The number of aryl methyl sites for hydroxylation is 1. The lowest BCUT2D eigenvalue weighted by Crippen LogP contribution is -2.34. The molecule has 0 amide bonds. The third-order valence-corrected chi connectivity index (χ3v) is 8.79. The number of nitrogens with zero attached hydrogens (tertiary/aromatic N) is 1. The fourth-order valence-electron chi connectivity index (χ4n) is 5.46. The van der Waals surface area contributed by atoms with Crippen LogP contribution in [0.15, 0.2) is 41.3 Å². The molecule has 7 nitrogen and oxygen atoms in total. The molecule has 8 heteroatoms. The summed E-state index contributed by atoms with van der Waals surface area (Å²) in [5.41, 5.74) is 2.47. The molecule has 2 aliphatic rings. The number of fused-ring (bicyclic) bond motifs is 1. The van der Waals surface area contributed by atoms with Gasteiger partial charge in [-0.15, -0.1) is 0 Å². The summed E-state index contributed by atoms with van der Waals surface area (Å²) in [4.78, 5) is 14.6. The standard InChI is InChI=1S/C27H37N3O4S/c1-30(21-11-3-2-4-12-21)19-9-18-28-23-14-7-8-15-25(23)35(33,34)29-24-17-16-20-10-5-6-13-22(20)26(24)27(31)32/h7-8,14-17,21,28-29H,2-6,9-13,18-19H2,1H3,(H,31,32). The summed E-state index contributed by atoms with van der Waals surface area (Å²) in [6.07, 6.45) is 10.8. The van der Waals surface area contributed by atoms with Crippen molar-refractivity contribution in [1.29, 1.82) is 0 Å². The van der Waals surface area contributed by atoms with Crippen LogP contribution in [0.25, 0.3) is 0 Å². The Morgan fingerprint density at radius 1 is 1.00 bits per heavy atom. The maximum atomic E-state index is 13.4. The number of para-hydroxylation sites is 1. The zero-order chi connectivity index (χ0) is 24.8. The van der Waals surface area contributed by atoms with E-state index in [2.05, 4.69) is 22.0 Å². The third-order valence-electron chi connectivity index (χ3n) is 7.37. The molecule has 1 fully saturated rings. The number of anilines is 2.